The van der Waals surface area contributed by atoms with Crippen molar-refractivity contribution in [3.05, 3.63) is 106 Å². The minimum Gasteiger partial charge on any atom is -0.448 e. The number of carbonyl (C=O) groups is 3. The Morgan fingerprint density at radius 2 is 1.67 bits per heavy atom. The third kappa shape index (κ3) is 6.02. The molecule has 1 unspecified atom stereocenters. The fraction of sp³-hybridized carbons (Fsp3) is 0.222. The van der Waals surface area contributed by atoms with Crippen molar-refractivity contribution in [1.82, 2.24) is 10.2 Å². The van der Waals surface area contributed by atoms with Gasteiger partial charge in [-0.3, -0.25) is 14.5 Å². The number of hydrogen-bond acceptors (Lipinski definition) is 9. The van der Waals surface area contributed by atoms with Crippen molar-refractivity contribution in [2.75, 3.05) is 12.0 Å². The van der Waals surface area contributed by atoms with Gasteiger partial charge in [-0.1, -0.05) is 66.7 Å². The fourth-order valence-electron chi connectivity index (χ4n) is 4.37. The van der Waals surface area contributed by atoms with Gasteiger partial charge >= 0.3 is 16.1 Å². The Bertz CT molecular complexity index is 1470. The van der Waals surface area contributed by atoms with E-state index in [1.165, 1.54) is 23.1 Å². The summed E-state index contributed by atoms with van der Waals surface area (Å²) in [6.07, 6.45) is 0.168. The third-order valence-electron chi connectivity index (χ3n) is 6.04. The Hall–Kier alpha value is -3.61. The van der Waals surface area contributed by atoms with Crippen LogP contribution in [0, 0.1) is 0 Å². The highest BCUT2D eigenvalue weighted by Gasteiger charge is 2.55. The van der Waals surface area contributed by atoms with Gasteiger partial charge in [0.2, 0.25) is 5.91 Å². The van der Waals surface area contributed by atoms with E-state index in [0.29, 0.717) is 11.1 Å². The van der Waals surface area contributed by atoms with Gasteiger partial charge in [0.1, 0.15) is 11.4 Å². The Morgan fingerprint density at radius 1 is 1.03 bits per heavy atom. The van der Waals surface area contributed by atoms with Gasteiger partial charge in [-0.05, 0) is 22.6 Å². The molecule has 2 amide bonds. The van der Waals surface area contributed by atoms with Crippen LogP contribution in [0.2, 0.25) is 0 Å². The van der Waals surface area contributed by atoms with Crippen LogP contribution >= 0.6 is 23.1 Å². The number of ether oxygens (including phenoxy) is 1. The molecule has 1 saturated heterocycles. The average Bonchev–Trinajstić information content (AvgIpc) is 3.43. The average molecular weight is 585 g/mol. The number of thiophene rings is 1. The summed E-state index contributed by atoms with van der Waals surface area (Å²) < 4.78 is 35.1. The number of fused-ring (bicyclic) bond motifs is 1. The molecular formula is C27H24N2O7S3. The summed E-state index contributed by atoms with van der Waals surface area (Å²) in [6, 6.07) is 20.9. The number of thioether (sulfide) groups is 1. The summed E-state index contributed by atoms with van der Waals surface area (Å²) in [6.45, 7) is 0. The number of esters is 1. The topological polar surface area (TPSA) is 119 Å². The first-order valence-corrected chi connectivity index (χ1v) is 15.7. The zero-order valence-corrected chi connectivity index (χ0v) is 23.1. The number of nitrogens with one attached hydrogen (secondary N) is 1. The van der Waals surface area contributed by atoms with Crippen molar-refractivity contribution in [1.29, 1.82) is 0 Å². The Labute approximate surface area is 233 Å². The van der Waals surface area contributed by atoms with Gasteiger partial charge in [0.15, 0.2) is 17.6 Å². The summed E-state index contributed by atoms with van der Waals surface area (Å²) in [5, 5.41) is 3.98. The van der Waals surface area contributed by atoms with Gasteiger partial charge < -0.3 is 14.2 Å². The molecule has 2 aromatic carbocycles. The van der Waals surface area contributed by atoms with Crippen LogP contribution in [-0.2, 0) is 39.8 Å². The first-order valence-electron chi connectivity index (χ1n) is 11.9. The van der Waals surface area contributed by atoms with Crippen LogP contribution < -0.4 is 5.32 Å². The lowest BCUT2D eigenvalue weighted by Crippen LogP contribution is -2.70. The monoisotopic (exact) mass is 584 g/mol. The highest BCUT2D eigenvalue weighted by atomic mass is 32.2. The predicted molar refractivity (Wildman–Crippen MR) is 147 cm³/mol. The molecule has 0 saturated carbocycles. The SMILES string of the molecule is CS(=O)(=O)OC1=C(C(=O)OC(c2ccccc2)c2ccccc2)N2C(=O)C(NC(=O)Cc3cccs3)[C@@H]2SC1. The molecule has 1 fully saturated rings. The lowest BCUT2D eigenvalue weighted by atomic mass is 10.0. The largest absolute Gasteiger partial charge is 0.448 e. The smallest absolute Gasteiger partial charge is 0.359 e. The normalized spacial score (nSPS) is 18.8. The first-order chi connectivity index (χ1) is 18.7. The zero-order valence-electron chi connectivity index (χ0n) is 20.7. The van der Waals surface area contributed by atoms with Crippen molar-refractivity contribution in [3.63, 3.8) is 0 Å². The van der Waals surface area contributed by atoms with Gasteiger partial charge in [-0.2, -0.15) is 8.42 Å². The molecule has 5 rings (SSSR count). The minimum atomic E-state index is -4.00. The van der Waals surface area contributed by atoms with Crippen molar-refractivity contribution in [2.24, 2.45) is 0 Å². The van der Waals surface area contributed by atoms with E-state index in [0.717, 1.165) is 16.0 Å². The van der Waals surface area contributed by atoms with Crippen LogP contribution in [0.5, 0.6) is 0 Å². The summed E-state index contributed by atoms with van der Waals surface area (Å²) in [7, 11) is -4.00. The van der Waals surface area contributed by atoms with Gasteiger partial charge in [0.25, 0.3) is 5.91 Å². The number of benzene rings is 2. The maximum atomic E-state index is 13.7. The van der Waals surface area contributed by atoms with E-state index in [-0.39, 0.29) is 29.5 Å². The summed E-state index contributed by atoms with van der Waals surface area (Å²) >= 11 is 2.63. The Morgan fingerprint density at radius 3 is 2.23 bits per heavy atom. The summed E-state index contributed by atoms with van der Waals surface area (Å²) in [5.41, 5.74) is 1.10. The van der Waals surface area contributed by atoms with E-state index in [4.69, 9.17) is 8.92 Å². The molecular weight excluding hydrogens is 561 g/mol. The van der Waals surface area contributed by atoms with E-state index in [1.807, 2.05) is 53.9 Å². The van der Waals surface area contributed by atoms with Crippen LogP contribution in [0.3, 0.4) is 0 Å². The quantitative estimate of drug-likeness (QED) is 0.231. The molecule has 0 bridgehead atoms. The molecule has 0 spiro atoms. The lowest BCUT2D eigenvalue weighted by molar-refractivity contribution is -0.155. The molecule has 2 aliphatic heterocycles. The standard InChI is InChI=1S/C27H24N2O7S3/c1-39(33,34)36-20-16-38-26-22(28-21(30)15-19-13-8-14-37-19)25(31)29(26)23(20)27(32)35-24(17-9-4-2-5-10-17)18-11-6-3-7-12-18/h2-14,22,24,26H,15-16H2,1H3,(H,28,30)/t22?,26-/m0/s1. The second-order valence-electron chi connectivity index (χ2n) is 8.88. The fourth-order valence-corrected chi connectivity index (χ4v) is 6.90. The Balaban J connectivity index is 1.42. The molecule has 202 valence electrons. The van der Waals surface area contributed by atoms with Crippen molar-refractivity contribution >= 4 is 51.0 Å². The molecule has 39 heavy (non-hydrogen) atoms. The van der Waals surface area contributed by atoms with Gasteiger partial charge in [-0.15, -0.1) is 23.1 Å². The first kappa shape index (κ1) is 27.0. The van der Waals surface area contributed by atoms with Crippen molar-refractivity contribution in [2.45, 2.75) is 23.9 Å². The van der Waals surface area contributed by atoms with Gasteiger partial charge in [-0.25, -0.2) is 4.79 Å². The molecule has 3 heterocycles. The number of amides is 2. The molecule has 9 nitrogen and oxygen atoms in total. The molecule has 12 heteroatoms. The van der Waals surface area contributed by atoms with E-state index in [1.54, 1.807) is 24.3 Å². The van der Waals surface area contributed by atoms with E-state index >= 15 is 0 Å². The molecule has 1 N–H and O–H groups in total. The second-order valence-corrected chi connectivity index (χ2v) is 12.6. The maximum absolute atomic E-state index is 13.7. The molecule has 1 aromatic heterocycles. The molecule has 3 aromatic rings. The molecule has 0 radical (unpaired) electrons. The van der Waals surface area contributed by atoms with E-state index in [2.05, 4.69) is 5.32 Å². The van der Waals surface area contributed by atoms with Crippen LogP contribution in [-0.4, -0.2) is 54.5 Å². The van der Waals surface area contributed by atoms with Crippen LogP contribution in [0.4, 0.5) is 0 Å². The highest BCUT2D eigenvalue weighted by molar-refractivity contribution is 8.00. The molecule has 2 aliphatic rings. The number of β-lactam (4-membered cyclic amide) rings is 1. The molecule has 0 aliphatic carbocycles. The lowest BCUT2D eigenvalue weighted by Gasteiger charge is -2.49. The van der Waals surface area contributed by atoms with Crippen LogP contribution in [0.1, 0.15) is 22.1 Å². The Kier molecular flexibility index (Phi) is 7.78. The highest BCUT2D eigenvalue weighted by Crippen LogP contribution is 2.42. The van der Waals surface area contributed by atoms with Crippen molar-refractivity contribution in [3.8, 4) is 0 Å². The third-order valence-corrected chi connectivity index (χ3v) is 8.67. The number of nitrogens with zero attached hydrogens (tertiary/aromatic N) is 1. The molecule has 2 atom stereocenters. The van der Waals surface area contributed by atoms with E-state index in [9.17, 15) is 22.8 Å². The maximum Gasteiger partial charge on any atom is 0.359 e. The number of rotatable bonds is 9. The summed E-state index contributed by atoms with van der Waals surface area (Å²) in [5.74, 6) is -1.99. The van der Waals surface area contributed by atoms with Crippen LogP contribution in [0.15, 0.2) is 89.6 Å². The summed E-state index contributed by atoms with van der Waals surface area (Å²) in [4.78, 5) is 41.5. The van der Waals surface area contributed by atoms with Crippen molar-refractivity contribution < 1.29 is 31.7 Å². The minimum absolute atomic E-state index is 0.00934. The van der Waals surface area contributed by atoms with Gasteiger partial charge in [0, 0.05) is 4.88 Å². The number of carbonyl (C=O) groups excluding carboxylic acids is 3. The van der Waals surface area contributed by atoms with Gasteiger partial charge in [0.05, 0.1) is 18.4 Å². The van der Waals surface area contributed by atoms with Crippen LogP contribution in [0.25, 0.3) is 0 Å². The van der Waals surface area contributed by atoms with E-state index < -0.39 is 39.5 Å². The zero-order chi connectivity index (χ0) is 27.6. The predicted octanol–water partition coefficient (Wildman–Crippen LogP) is 3.21. The number of hydrogen-bond donors (Lipinski definition) is 1. The second kappa shape index (κ2) is 11.2.